The lowest BCUT2D eigenvalue weighted by atomic mass is 10.0. The number of hydrogen-bond acceptors (Lipinski definition) is 2. The van der Waals surface area contributed by atoms with Gasteiger partial charge in [0, 0.05) is 30.3 Å². The Bertz CT molecular complexity index is 590. The highest BCUT2D eigenvalue weighted by molar-refractivity contribution is 6.31. The van der Waals surface area contributed by atoms with E-state index >= 15 is 0 Å². The Kier molecular flexibility index (Phi) is 5.27. The fourth-order valence-electron chi connectivity index (χ4n) is 2.56. The fraction of sp³-hybridized carbons (Fsp3) is 0.333. The largest absolute Gasteiger partial charge is 0.375 e. The number of nitrogens with zero attached hydrogens (tertiary/aromatic N) is 1. The molecule has 112 valence electrons. The van der Waals surface area contributed by atoms with Crippen molar-refractivity contribution in [2.24, 2.45) is 5.73 Å². The van der Waals surface area contributed by atoms with Crippen molar-refractivity contribution in [2.75, 3.05) is 18.5 Å². The molecule has 2 aromatic carbocycles. The van der Waals surface area contributed by atoms with Gasteiger partial charge in [-0.15, -0.1) is 0 Å². The van der Waals surface area contributed by atoms with E-state index in [1.54, 1.807) is 0 Å². The van der Waals surface area contributed by atoms with E-state index in [9.17, 15) is 0 Å². The molecule has 3 heteroatoms. The van der Waals surface area contributed by atoms with Crippen LogP contribution in [0.25, 0.3) is 0 Å². The summed E-state index contributed by atoms with van der Waals surface area (Å²) >= 11 is 6.20. The summed E-state index contributed by atoms with van der Waals surface area (Å²) in [6, 6.07) is 14.4. The maximum absolute atomic E-state index is 6.27. The molecule has 1 unspecified atom stereocenters. The molecule has 0 aliphatic rings. The van der Waals surface area contributed by atoms with Crippen molar-refractivity contribution in [2.45, 2.75) is 26.3 Å². The number of aryl methyl sites for hydroxylation is 2. The molecular formula is C18H23ClN2. The Hall–Kier alpha value is -1.51. The molecule has 0 bridgehead atoms. The van der Waals surface area contributed by atoms with Gasteiger partial charge in [0.25, 0.3) is 0 Å². The second-order valence-electron chi connectivity index (χ2n) is 5.68. The lowest BCUT2D eigenvalue weighted by Gasteiger charge is -2.23. The molecular weight excluding hydrogens is 280 g/mol. The van der Waals surface area contributed by atoms with Gasteiger partial charge in [-0.05, 0) is 55.2 Å². The van der Waals surface area contributed by atoms with E-state index < -0.39 is 0 Å². The Morgan fingerprint density at radius 2 is 1.71 bits per heavy atom. The van der Waals surface area contributed by atoms with Crippen LogP contribution in [0.5, 0.6) is 0 Å². The highest BCUT2D eigenvalue weighted by Gasteiger charge is 2.11. The summed E-state index contributed by atoms with van der Waals surface area (Å²) in [5.41, 5.74) is 11.1. The normalized spacial score (nSPS) is 12.2. The van der Waals surface area contributed by atoms with E-state index in [1.807, 2.05) is 24.3 Å². The Morgan fingerprint density at radius 1 is 1.10 bits per heavy atom. The van der Waals surface area contributed by atoms with E-state index in [0.29, 0.717) is 0 Å². The van der Waals surface area contributed by atoms with Crippen molar-refractivity contribution in [3.05, 3.63) is 64.2 Å². The number of benzene rings is 2. The van der Waals surface area contributed by atoms with E-state index in [2.05, 4.69) is 44.0 Å². The zero-order valence-electron chi connectivity index (χ0n) is 12.9. The van der Waals surface area contributed by atoms with Gasteiger partial charge < -0.3 is 10.6 Å². The van der Waals surface area contributed by atoms with Crippen LogP contribution >= 0.6 is 11.6 Å². The van der Waals surface area contributed by atoms with E-state index in [1.165, 1.54) is 16.8 Å². The topological polar surface area (TPSA) is 29.3 Å². The highest BCUT2D eigenvalue weighted by Crippen LogP contribution is 2.24. The molecule has 2 nitrogen and oxygen atoms in total. The Labute approximate surface area is 132 Å². The van der Waals surface area contributed by atoms with E-state index in [0.717, 1.165) is 23.6 Å². The van der Waals surface area contributed by atoms with Crippen LogP contribution in [-0.4, -0.2) is 13.6 Å². The van der Waals surface area contributed by atoms with Crippen LogP contribution in [0, 0.1) is 13.8 Å². The van der Waals surface area contributed by atoms with Crippen LogP contribution in [-0.2, 0) is 0 Å². The third-order valence-corrected chi connectivity index (χ3v) is 4.07. The fourth-order valence-corrected chi connectivity index (χ4v) is 2.84. The summed E-state index contributed by atoms with van der Waals surface area (Å²) in [6.45, 7) is 5.15. The third-order valence-electron chi connectivity index (χ3n) is 3.73. The summed E-state index contributed by atoms with van der Waals surface area (Å²) in [4.78, 5) is 2.25. The predicted molar refractivity (Wildman–Crippen MR) is 92.2 cm³/mol. The minimum Gasteiger partial charge on any atom is -0.375 e. The summed E-state index contributed by atoms with van der Waals surface area (Å²) in [5, 5.41) is 0.749. The zero-order chi connectivity index (χ0) is 15.4. The number of halogens is 1. The summed E-state index contributed by atoms with van der Waals surface area (Å²) in [7, 11) is 2.10. The molecule has 0 saturated heterocycles. The molecule has 0 fully saturated rings. The van der Waals surface area contributed by atoms with Gasteiger partial charge in [-0.25, -0.2) is 0 Å². The van der Waals surface area contributed by atoms with Crippen LogP contribution in [0.2, 0.25) is 5.02 Å². The van der Waals surface area contributed by atoms with Crippen LogP contribution < -0.4 is 10.6 Å². The van der Waals surface area contributed by atoms with Crippen LogP contribution in [0.15, 0.2) is 42.5 Å². The maximum Gasteiger partial charge on any atom is 0.0453 e. The van der Waals surface area contributed by atoms with Crippen molar-refractivity contribution in [3.8, 4) is 0 Å². The second kappa shape index (κ2) is 6.97. The highest BCUT2D eigenvalue weighted by atomic mass is 35.5. The molecule has 0 aliphatic carbocycles. The van der Waals surface area contributed by atoms with Gasteiger partial charge >= 0.3 is 0 Å². The molecule has 0 spiro atoms. The van der Waals surface area contributed by atoms with Crippen LogP contribution in [0.3, 0.4) is 0 Å². The van der Waals surface area contributed by atoms with Gasteiger partial charge in [0.1, 0.15) is 0 Å². The first-order valence-electron chi connectivity index (χ1n) is 7.27. The molecule has 0 amide bonds. The first kappa shape index (κ1) is 15.9. The van der Waals surface area contributed by atoms with Crippen LogP contribution in [0.4, 0.5) is 5.69 Å². The third kappa shape index (κ3) is 4.23. The van der Waals surface area contributed by atoms with Gasteiger partial charge in [-0.1, -0.05) is 35.9 Å². The minimum absolute atomic E-state index is 0.0351. The van der Waals surface area contributed by atoms with Gasteiger partial charge in [0.05, 0.1) is 0 Å². The van der Waals surface area contributed by atoms with E-state index in [-0.39, 0.29) is 6.04 Å². The molecule has 0 aromatic heterocycles. The van der Waals surface area contributed by atoms with Crippen molar-refractivity contribution < 1.29 is 0 Å². The molecule has 0 aliphatic heterocycles. The molecule has 0 heterocycles. The second-order valence-corrected chi connectivity index (χ2v) is 6.09. The number of nitrogens with two attached hydrogens (primary N) is 1. The standard InChI is InChI=1S/C18H23ClN2/c1-13-10-14(2)12-15(11-13)21(3)9-8-18(20)16-6-4-5-7-17(16)19/h4-7,10-12,18H,8-9,20H2,1-3H3. The van der Waals surface area contributed by atoms with Crippen molar-refractivity contribution in [1.29, 1.82) is 0 Å². The zero-order valence-corrected chi connectivity index (χ0v) is 13.7. The number of anilines is 1. The Balaban J connectivity index is 2.00. The molecule has 1 atom stereocenters. The van der Waals surface area contributed by atoms with Gasteiger partial charge in [0.2, 0.25) is 0 Å². The molecule has 2 rings (SSSR count). The number of rotatable bonds is 5. The maximum atomic E-state index is 6.27. The summed E-state index contributed by atoms with van der Waals surface area (Å²) in [6.07, 6.45) is 0.868. The first-order valence-corrected chi connectivity index (χ1v) is 7.64. The quantitative estimate of drug-likeness (QED) is 0.882. The van der Waals surface area contributed by atoms with Crippen LogP contribution in [0.1, 0.15) is 29.2 Å². The average molecular weight is 303 g/mol. The SMILES string of the molecule is Cc1cc(C)cc(N(C)CCC(N)c2ccccc2Cl)c1. The lowest BCUT2D eigenvalue weighted by molar-refractivity contribution is 0.645. The van der Waals surface area contributed by atoms with Crippen molar-refractivity contribution >= 4 is 17.3 Å². The number of hydrogen-bond donors (Lipinski definition) is 1. The summed E-state index contributed by atoms with van der Waals surface area (Å²) < 4.78 is 0. The Morgan fingerprint density at radius 3 is 2.33 bits per heavy atom. The molecule has 2 N–H and O–H groups in total. The first-order chi connectivity index (χ1) is 9.97. The molecule has 0 saturated carbocycles. The van der Waals surface area contributed by atoms with Gasteiger partial charge in [0.15, 0.2) is 0 Å². The predicted octanol–water partition coefficient (Wildman–Crippen LogP) is 4.48. The molecule has 2 aromatic rings. The summed E-state index contributed by atoms with van der Waals surface area (Å²) in [5.74, 6) is 0. The average Bonchev–Trinajstić information content (AvgIpc) is 2.43. The smallest absolute Gasteiger partial charge is 0.0453 e. The van der Waals surface area contributed by atoms with Gasteiger partial charge in [-0.3, -0.25) is 0 Å². The monoisotopic (exact) mass is 302 g/mol. The minimum atomic E-state index is -0.0351. The van der Waals surface area contributed by atoms with Gasteiger partial charge in [-0.2, -0.15) is 0 Å². The molecule has 0 radical (unpaired) electrons. The molecule has 21 heavy (non-hydrogen) atoms. The lowest BCUT2D eigenvalue weighted by Crippen LogP contribution is -2.23. The van der Waals surface area contributed by atoms with Crippen molar-refractivity contribution in [1.82, 2.24) is 0 Å². The van der Waals surface area contributed by atoms with E-state index in [4.69, 9.17) is 17.3 Å². The van der Waals surface area contributed by atoms with Crippen molar-refractivity contribution in [3.63, 3.8) is 0 Å².